The minimum absolute atomic E-state index is 0.0385. The Morgan fingerprint density at radius 2 is 1.76 bits per heavy atom. The standard InChI is InChI=1S/C16H15N3O2/c17-14(20)10-19-13-9-5-4-8-12(13)16(21)18-15(19)11-6-2-1-3-7-11/h1-9,15H,10H2,(H2,17,20)(H,18,21)/t15-/m1/s1. The summed E-state index contributed by atoms with van der Waals surface area (Å²) >= 11 is 0. The molecule has 1 heterocycles. The molecule has 3 N–H and O–H groups in total. The van der Waals surface area contributed by atoms with Crippen LogP contribution in [0.1, 0.15) is 22.1 Å². The Bertz CT molecular complexity index is 685. The third kappa shape index (κ3) is 2.45. The Morgan fingerprint density at radius 1 is 1.10 bits per heavy atom. The van der Waals surface area contributed by atoms with Crippen molar-refractivity contribution in [1.29, 1.82) is 0 Å². The van der Waals surface area contributed by atoms with Crippen LogP contribution in [0.5, 0.6) is 0 Å². The van der Waals surface area contributed by atoms with E-state index in [1.807, 2.05) is 47.4 Å². The number of rotatable bonds is 3. The molecule has 1 aliphatic rings. The molecule has 2 aromatic rings. The summed E-state index contributed by atoms with van der Waals surface area (Å²) in [6.45, 7) is 0.0385. The number of benzene rings is 2. The molecule has 0 fully saturated rings. The quantitative estimate of drug-likeness (QED) is 0.893. The molecule has 106 valence electrons. The number of carbonyl (C=O) groups is 2. The number of nitrogens with two attached hydrogens (primary N) is 1. The lowest BCUT2D eigenvalue weighted by molar-refractivity contribution is -0.116. The lowest BCUT2D eigenvalue weighted by atomic mass is 10.0. The Kier molecular flexibility index (Phi) is 3.31. The molecular weight excluding hydrogens is 266 g/mol. The van der Waals surface area contributed by atoms with Crippen molar-refractivity contribution in [3.8, 4) is 0 Å². The number of fused-ring (bicyclic) bond motifs is 1. The number of carbonyl (C=O) groups excluding carboxylic acids is 2. The molecule has 0 saturated carbocycles. The molecule has 3 rings (SSSR count). The Hall–Kier alpha value is -2.82. The van der Waals surface area contributed by atoms with Crippen LogP contribution < -0.4 is 16.0 Å². The minimum Gasteiger partial charge on any atom is -0.368 e. The zero-order valence-electron chi connectivity index (χ0n) is 11.3. The fourth-order valence-electron chi connectivity index (χ4n) is 2.58. The molecule has 0 spiro atoms. The Morgan fingerprint density at radius 3 is 2.48 bits per heavy atom. The highest BCUT2D eigenvalue weighted by Gasteiger charge is 2.32. The topological polar surface area (TPSA) is 75.4 Å². The third-order valence-electron chi connectivity index (χ3n) is 3.48. The third-order valence-corrected chi connectivity index (χ3v) is 3.48. The van der Waals surface area contributed by atoms with E-state index in [9.17, 15) is 9.59 Å². The van der Waals surface area contributed by atoms with E-state index in [4.69, 9.17) is 5.73 Å². The first-order chi connectivity index (χ1) is 10.2. The van der Waals surface area contributed by atoms with Crippen LogP contribution in [0.4, 0.5) is 5.69 Å². The predicted molar refractivity (Wildman–Crippen MR) is 79.6 cm³/mol. The second-order valence-corrected chi connectivity index (χ2v) is 4.90. The van der Waals surface area contributed by atoms with Crippen LogP contribution in [-0.2, 0) is 4.79 Å². The summed E-state index contributed by atoms with van der Waals surface area (Å²) in [6.07, 6.45) is -0.402. The largest absolute Gasteiger partial charge is 0.368 e. The smallest absolute Gasteiger partial charge is 0.255 e. The van der Waals surface area contributed by atoms with Crippen molar-refractivity contribution in [1.82, 2.24) is 5.32 Å². The molecule has 0 aliphatic carbocycles. The average Bonchev–Trinajstić information content (AvgIpc) is 2.50. The van der Waals surface area contributed by atoms with Gasteiger partial charge in [0.2, 0.25) is 5.91 Å². The lowest BCUT2D eigenvalue weighted by Gasteiger charge is -2.38. The minimum atomic E-state index is -0.443. The van der Waals surface area contributed by atoms with Gasteiger partial charge in [-0.15, -0.1) is 0 Å². The van der Waals surface area contributed by atoms with Crippen LogP contribution in [0.25, 0.3) is 0 Å². The van der Waals surface area contributed by atoms with Gasteiger partial charge in [0.1, 0.15) is 6.17 Å². The number of hydrogen-bond acceptors (Lipinski definition) is 3. The molecule has 21 heavy (non-hydrogen) atoms. The molecule has 1 atom stereocenters. The van der Waals surface area contributed by atoms with Crippen molar-refractivity contribution in [3.05, 3.63) is 65.7 Å². The van der Waals surface area contributed by atoms with Gasteiger partial charge in [0.25, 0.3) is 5.91 Å². The van der Waals surface area contributed by atoms with Crippen LogP contribution in [0.2, 0.25) is 0 Å². The van der Waals surface area contributed by atoms with Crippen LogP contribution in [0.3, 0.4) is 0 Å². The molecule has 2 aromatic carbocycles. The van der Waals surface area contributed by atoms with E-state index in [1.165, 1.54) is 0 Å². The zero-order chi connectivity index (χ0) is 14.8. The zero-order valence-corrected chi connectivity index (χ0v) is 11.3. The van der Waals surface area contributed by atoms with Crippen molar-refractivity contribution in [2.45, 2.75) is 6.17 Å². The van der Waals surface area contributed by atoms with Crippen molar-refractivity contribution >= 4 is 17.5 Å². The van der Waals surface area contributed by atoms with Gasteiger partial charge in [0, 0.05) is 0 Å². The van der Waals surface area contributed by atoms with Crippen molar-refractivity contribution in [2.24, 2.45) is 5.73 Å². The maximum Gasteiger partial charge on any atom is 0.255 e. The molecule has 0 saturated heterocycles. The van der Waals surface area contributed by atoms with Crippen LogP contribution >= 0.6 is 0 Å². The summed E-state index contributed by atoms with van der Waals surface area (Å²) in [6, 6.07) is 16.7. The summed E-state index contributed by atoms with van der Waals surface area (Å²) in [5, 5.41) is 2.92. The summed E-state index contributed by atoms with van der Waals surface area (Å²) in [4.78, 5) is 25.5. The molecule has 2 amide bonds. The van der Waals surface area contributed by atoms with Gasteiger partial charge < -0.3 is 16.0 Å². The Balaban J connectivity index is 2.08. The lowest BCUT2D eigenvalue weighted by Crippen LogP contribution is -2.49. The van der Waals surface area contributed by atoms with Crippen molar-refractivity contribution in [3.63, 3.8) is 0 Å². The van der Waals surface area contributed by atoms with E-state index in [1.54, 1.807) is 12.1 Å². The highest BCUT2D eigenvalue weighted by atomic mass is 16.2. The summed E-state index contributed by atoms with van der Waals surface area (Å²) in [5.74, 6) is -0.595. The van der Waals surface area contributed by atoms with Gasteiger partial charge in [0.15, 0.2) is 0 Å². The first-order valence-electron chi connectivity index (χ1n) is 6.66. The van der Waals surface area contributed by atoms with Crippen LogP contribution in [0.15, 0.2) is 54.6 Å². The number of nitrogens with zero attached hydrogens (tertiary/aromatic N) is 1. The predicted octanol–water partition coefficient (Wildman–Crippen LogP) is 1.42. The molecule has 0 unspecified atom stereocenters. The summed E-state index contributed by atoms with van der Waals surface area (Å²) in [7, 11) is 0. The highest BCUT2D eigenvalue weighted by Crippen LogP contribution is 2.32. The van der Waals surface area contributed by atoms with Gasteiger partial charge in [-0.1, -0.05) is 42.5 Å². The normalized spacial score (nSPS) is 17.0. The molecule has 0 radical (unpaired) electrons. The SMILES string of the molecule is NC(=O)CN1c2ccccc2C(=O)N[C@H]1c1ccccc1. The van der Waals surface area contributed by atoms with Crippen molar-refractivity contribution < 1.29 is 9.59 Å². The van der Waals surface area contributed by atoms with E-state index >= 15 is 0 Å². The summed E-state index contributed by atoms with van der Waals surface area (Å²) in [5.41, 5.74) is 7.53. The molecule has 0 aromatic heterocycles. The summed E-state index contributed by atoms with van der Waals surface area (Å²) < 4.78 is 0. The van der Waals surface area contributed by atoms with Crippen LogP contribution in [0, 0.1) is 0 Å². The van der Waals surface area contributed by atoms with E-state index < -0.39 is 12.1 Å². The second kappa shape index (κ2) is 5.28. The second-order valence-electron chi connectivity index (χ2n) is 4.90. The molecule has 5 nitrogen and oxygen atoms in total. The van der Waals surface area contributed by atoms with Gasteiger partial charge in [-0.25, -0.2) is 0 Å². The van der Waals surface area contributed by atoms with Crippen molar-refractivity contribution in [2.75, 3.05) is 11.4 Å². The molecule has 5 heteroatoms. The maximum absolute atomic E-state index is 12.2. The van der Waals surface area contributed by atoms with E-state index in [0.717, 1.165) is 5.56 Å². The fraction of sp³-hybridized carbons (Fsp3) is 0.125. The highest BCUT2D eigenvalue weighted by molar-refractivity contribution is 6.02. The monoisotopic (exact) mass is 281 g/mol. The van der Waals surface area contributed by atoms with E-state index in [0.29, 0.717) is 11.3 Å². The molecule has 1 aliphatic heterocycles. The number of hydrogen-bond donors (Lipinski definition) is 2. The van der Waals surface area contributed by atoms with Gasteiger partial charge in [-0.3, -0.25) is 9.59 Å². The maximum atomic E-state index is 12.2. The first kappa shape index (κ1) is 13.2. The molecular formula is C16H15N3O2. The number of nitrogens with one attached hydrogen (secondary N) is 1. The number of para-hydroxylation sites is 1. The molecule has 0 bridgehead atoms. The number of primary amides is 1. The van der Waals surface area contributed by atoms with Gasteiger partial charge in [0.05, 0.1) is 17.8 Å². The number of anilines is 1. The van der Waals surface area contributed by atoms with Gasteiger partial charge in [-0.05, 0) is 17.7 Å². The first-order valence-corrected chi connectivity index (χ1v) is 6.66. The van der Waals surface area contributed by atoms with E-state index in [-0.39, 0.29) is 12.5 Å². The fourth-order valence-corrected chi connectivity index (χ4v) is 2.58. The van der Waals surface area contributed by atoms with Gasteiger partial charge in [-0.2, -0.15) is 0 Å². The average molecular weight is 281 g/mol. The van der Waals surface area contributed by atoms with E-state index in [2.05, 4.69) is 5.32 Å². The Labute approximate surface area is 122 Å². The van der Waals surface area contributed by atoms with Gasteiger partial charge >= 0.3 is 0 Å². The number of amides is 2. The van der Waals surface area contributed by atoms with Crippen LogP contribution in [-0.4, -0.2) is 18.4 Å².